The average molecular weight is 207 g/mol. The van der Waals surface area contributed by atoms with E-state index >= 15 is 0 Å². The first-order valence-electron chi connectivity index (χ1n) is 4.70. The van der Waals surface area contributed by atoms with Crippen LogP contribution in [-0.4, -0.2) is 26.4 Å². The summed E-state index contributed by atoms with van der Waals surface area (Å²) in [5.74, 6) is 0.830. The summed E-state index contributed by atoms with van der Waals surface area (Å²) in [6.45, 7) is 1.79. The fourth-order valence-electron chi connectivity index (χ4n) is 0.987. The Morgan fingerprint density at radius 3 is 2.67 bits per heavy atom. The second kappa shape index (κ2) is 7.67. The van der Waals surface area contributed by atoms with Crippen LogP contribution in [0.4, 0.5) is 0 Å². The molecule has 0 fully saturated rings. The molecule has 15 heavy (non-hydrogen) atoms. The highest BCUT2D eigenvalue weighted by Crippen LogP contribution is 2.07. The summed E-state index contributed by atoms with van der Waals surface area (Å²) >= 11 is 0. The van der Waals surface area contributed by atoms with Gasteiger partial charge < -0.3 is 9.47 Å². The van der Waals surface area contributed by atoms with Crippen molar-refractivity contribution in [2.24, 2.45) is 5.11 Å². The predicted octanol–water partition coefficient (Wildman–Crippen LogP) is 2.39. The summed E-state index contributed by atoms with van der Waals surface area (Å²) in [4.78, 5) is 2.61. The number of hydrogen-bond donors (Lipinski definition) is 0. The Balaban J connectivity index is 2.00. The molecule has 0 aliphatic carbocycles. The fourth-order valence-corrected chi connectivity index (χ4v) is 0.987. The molecule has 0 heterocycles. The lowest BCUT2D eigenvalue weighted by atomic mass is 10.3. The molecular formula is C10H13N3O2. The van der Waals surface area contributed by atoms with E-state index in [-0.39, 0.29) is 0 Å². The van der Waals surface area contributed by atoms with Crippen molar-refractivity contribution in [3.05, 3.63) is 40.8 Å². The lowest BCUT2D eigenvalue weighted by molar-refractivity contribution is 0.106. The number of nitrogens with zero attached hydrogens (tertiary/aromatic N) is 3. The van der Waals surface area contributed by atoms with Crippen LogP contribution in [0.1, 0.15) is 0 Å². The standard InChI is InChI=1S/C10H13N3O2/c11-13-12-6-7-14-8-9-15-10-4-2-1-3-5-10/h1-5H,6-9H2. The number of hydrogen-bond acceptors (Lipinski definition) is 3. The summed E-state index contributed by atoms with van der Waals surface area (Å²) in [6.07, 6.45) is 0. The molecule has 0 aliphatic rings. The molecule has 0 aliphatic heterocycles. The molecule has 0 N–H and O–H groups in total. The maximum atomic E-state index is 8.00. The second-order valence-corrected chi connectivity index (χ2v) is 2.73. The molecular weight excluding hydrogens is 194 g/mol. The van der Waals surface area contributed by atoms with Gasteiger partial charge in [0.25, 0.3) is 0 Å². The van der Waals surface area contributed by atoms with Gasteiger partial charge in [-0.05, 0) is 17.7 Å². The van der Waals surface area contributed by atoms with Crippen molar-refractivity contribution < 1.29 is 9.47 Å². The molecule has 0 saturated carbocycles. The number of para-hydroxylation sites is 1. The van der Waals surface area contributed by atoms with E-state index < -0.39 is 0 Å². The molecule has 0 saturated heterocycles. The zero-order chi connectivity index (χ0) is 10.8. The third-order valence-electron chi connectivity index (χ3n) is 1.64. The Labute approximate surface area is 88.3 Å². The Hall–Kier alpha value is -1.71. The summed E-state index contributed by atoms with van der Waals surface area (Å²) in [5.41, 5.74) is 8.00. The van der Waals surface area contributed by atoms with Crippen LogP contribution in [0.15, 0.2) is 35.4 Å². The van der Waals surface area contributed by atoms with Crippen LogP contribution in [0, 0.1) is 0 Å². The van der Waals surface area contributed by atoms with E-state index in [1.54, 1.807) is 0 Å². The SMILES string of the molecule is [N-]=[N+]=NCCOCCOc1ccccc1. The number of benzene rings is 1. The molecule has 5 nitrogen and oxygen atoms in total. The third kappa shape index (κ3) is 5.57. The van der Waals surface area contributed by atoms with E-state index in [1.165, 1.54) is 0 Å². The maximum Gasteiger partial charge on any atom is 0.119 e. The molecule has 1 rings (SSSR count). The van der Waals surface area contributed by atoms with Crippen molar-refractivity contribution in [2.45, 2.75) is 0 Å². The third-order valence-corrected chi connectivity index (χ3v) is 1.64. The van der Waals surface area contributed by atoms with Crippen LogP contribution >= 0.6 is 0 Å². The van der Waals surface area contributed by atoms with Crippen molar-refractivity contribution in [3.63, 3.8) is 0 Å². The summed E-state index contributed by atoms with van der Waals surface area (Å²) < 4.78 is 10.6. The highest BCUT2D eigenvalue weighted by Gasteiger charge is 1.91. The van der Waals surface area contributed by atoms with E-state index in [0.29, 0.717) is 26.4 Å². The van der Waals surface area contributed by atoms with Crippen molar-refractivity contribution in [1.82, 2.24) is 0 Å². The molecule has 0 atom stereocenters. The van der Waals surface area contributed by atoms with Gasteiger partial charge in [-0.25, -0.2) is 0 Å². The Kier molecular flexibility index (Phi) is 5.81. The van der Waals surface area contributed by atoms with Gasteiger partial charge in [0.05, 0.1) is 13.2 Å². The first-order valence-corrected chi connectivity index (χ1v) is 4.70. The zero-order valence-electron chi connectivity index (χ0n) is 8.37. The van der Waals surface area contributed by atoms with Gasteiger partial charge in [0, 0.05) is 11.5 Å². The Morgan fingerprint density at radius 2 is 1.93 bits per heavy atom. The van der Waals surface area contributed by atoms with Crippen molar-refractivity contribution in [2.75, 3.05) is 26.4 Å². The van der Waals surface area contributed by atoms with Gasteiger partial charge in [-0.1, -0.05) is 23.3 Å². The molecule has 80 valence electrons. The molecule has 0 spiro atoms. The van der Waals surface area contributed by atoms with Crippen molar-refractivity contribution >= 4 is 0 Å². The highest BCUT2D eigenvalue weighted by atomic mass is 16.5. The average Bonchev–Trinajstić information content (AvgIpc) is 2.29. The minimum atomic E-state index is 0.363. The van der Waals surface area contributed by atoms with E-state index in [4.69, 9.17) is 15.0 Å². The maximum absolute atomic E-state index is 8.00. The molecule has 1 aromatic rings. The van der Waals surface area contributed by atoms with Crippen LogP contribution in [0.25, 0.3) is 10.4 Å². The smallest absolute Gasteiger partial charge is 0.119 e. The number of azide groups is 1. The molecule has 0 radical (unpaired) electrons. The van der Waals surface area contributed by atoms with E-state index in [9.17, 15) is 0 Å². The molecule has 1 aromatic carbocycles. The molecule has 0 amide bonds. The number of ether oxygens (including phenoxy) is 2. The van der Waals surface area contributed by atoms with Gasteiger partial charge in [-0.15, -0.1) is 0 Å². The van der Waals surface area contributed by atoms with Gasteiger partial charge >= 0.3 is 0 Å². The van der Waals surface area contributed by atoms with Crippen LogP contribution < -0.4 is 4.74 Å². The first kappa shape index (κ1) is 11.4. The highest BCUT2D eigenvalue weighted by molar-refractivity contribution is 5.20. The molecule has 0 unspecified atom stereocenters. The van der Waals surface area contributed by atoms with Crippen LogP contribution in [0.2, 0.25) is 0 Å². The van der Waals surface area contributed by atoms with Crippen LogP contribution in [-0.2, 0) is 4.74 Å². The Bertz CT molecular complexity index is 310. The van der Waals surface area contributed by atoms with Gasteiger partial charge in [0.1, 0.15) is 12.4 Å². The topological polar surface area (TPSA) is 67.2 Å². The largest absolute Gasteiger partial charge is 0.491 e. The monoisotopic (exact) mass is 207 g/mol. The van der Waals surface area contributed by atoms with Crippen LogP contribution in [0.3, 0.4) is 0 Å². The lowest BCUT2D eigenvalue weighted by Gasteiger charge is -2.05. The summed E-state index contributed by atoms with van der Waals surface area (Å²) in [5, 5.41) is 3.34. The fraction of sp³-hybridized carbons (Fsp3) is 0.400. The van der Waals surface area contributed by atoms with Gasteiger partial charge in [0.15, 0.2) is 0 Å². The normalized spacial score (nSPS) is 9.33. The second-order valence-electron chi connectivity index (χ2n) is 2.73. The quantitative estimate of drug-likeness (QED) is 0.298. The van der Waals surface area contributed by atoms with Crippen molar-refractivity contribution in [1.29, 1.82) is 0 Å². The summed E-state index contributed by atoms with van der Waals surface area (Å²) in [6, 6.07) is 9.54. The first-order chi connectivity index (χ1) is 7.43. The lowest BCUT2D eigenvalue weighted by Crippen LogP contribution is -2.08. The van der Waals surface area contributed by atoms with Gasteiger partial charge in [-0.3, -0.25) is 0 Å². The van der Waals surface area contributed by atoms with Gasteiger partial charge in [-0.2, -0.15) is 0 Å². The van der Waals surface area contributed by atoms with Gasteiger partial charge in [0.2, 0.25) is 0 Å². The minimum Gasteiger partial charge on any atom is -0.491 e. The predicted molar refractivity (Wildman–Crippen MR) is 56.8 cm³/mol. The zero-order valence-corrected chi connectivity index (χ0v) is 8.37. The molecule has 0 bridgehead atoms. The van der Waals surface area contributed by atoms with E-state index in [2.05, 4.69) is 10.0 Å². The Morgan fingerprint density at radius 1 is 1.13 bits per heavy atom. The van der Waals surface area contributed by atoms with Crippen LogP contribution in [0.5, 0.6) is 5.75 Å². The molecule has 0 aromatic heterocycles. The molecule has 5 heteroatoms. The van der Waals surface area contributed by atoms with Crippen molar-refractivity contribution in [3.8, 4) is 5.75 Å². The number of rotatable bonds is 7. The van der Waals surface area contributed by atoms with E-state index in [1.807, 2.05) is 30.3 Å². The minimum absolute atomic E-state index is 0.363. The van der Waals surface area contributed by atoms with E-state index in [0.717, 1.165) is 5.75 Å². The summed E-state index contributed by atoms with van der Waals surface area (Å²) in [7, 11) is 0.